The van der Waals surface area contributed by atoms with Crippen LogP contribution >= 0.6 is 15.9 Å². The summed E-state index contributed by atoms with van der Waals surface area (Å²) in [6, 6.07) is 10.3. The Morgan fingerprint density at radius 2 is 1.90 bits per heavy atom. The lowest BCUT2D eigenvalue weighted by Gasteiger charge is -2.07. The van der Waals surface area contributed by atoms with Crippen molar-refractivity contribution in [2.75, 3.05) is 6.61 Å². The highest BCUT2D eigenvalue weighted by molar-refractivity contribution is 9.10. The van der Waals surface area contributed by atoms with Crippen LogP contribution in [0.2, 0.25) is 0 Å². The molecule has 0 unspecified atom stereocenters. The molecule has 1 aromatic carbocycles. The van der Waals surface area contributed by atoms with Crippen molar-refractivity contribution < 1.29 is 9.53 Å². The summed E-state index contributed by atoms with van der Waals surface area (Å²) in [6.07, 6.45) is 2.54. The zero-order valence-corrected chi connectivity index (χ0v) is 13.3. The van der Waals surface area contributed by atoms with Crippen LogP contribution in [0, 0.1) is 0 Å². The summed E-state index contributed by atoms with van der Waals surface area (Å²) < 4.78 is 7.52. The van der Waals surface area contributed by atoms with Gasteiger partial charge in [-0.05, 0) is 46.1 Å². The van der Waals surface area contributed by atoms with Crippen molar-refractivity contribution in [1.29, 1.82) is 0 Å². The minimum Gasteiger partial charge on any atom is -0.462 e. The maximum absolute atomic E-state index is 11.7. The third kappa shape index (κ3) is 4.29. The quantitative estimate of drug-likeness (QED) is 0.778. The highest BCUT2D eigenvalue weighted by atomic mass is 79.9. The molecule has 5 heteroatoms. The van der Waals surface area contributed by atoms with Gasteiger partial charge in [0.1, 0.15) is 0 Å². The van der Waals surface area contributed by atoms with E-state index in [0.29, 0.717) is 18.7 Å². The standard InChI is InChI=1S/C16H16BrNO3/c1-2-9-21-16(20)13-5-3-12(4-6-13)10-18-11-14(17)7-8-15(18)19/h3-8,11H,2,9-10H2,1H3. The van der Waals surface area contributed by atoms with E-state index in [2.05, 4.69) is 15.9 Å². The molecule has 0 N–H and O–H groups in total. The number of ether oxygens (including phenoxy) is 1. The topological polar surface area (TPSA) is 48.3 Å². The number of pyridine rings is 1. The second-order valence-electron chi connectivity index (χ2n) is 4.65. The van der Waals surface area contributed by atoms with Gasteiger partial charge in [0.15, 0.2) is 0 Å². The molecule has 0 atom stereocenters. The number of benzene rings is 1. The molecule has 0 saturated heterocycles. The van der Waals surface area contributed by atoms with E-state index in [4.69, 9.17) is 4.74 Å². The summed E-state index contributed by atoms with van der Waals surface area (Å²) in [5.74, 6) is -0.317. The fourth-order valence-corrected chi connectivity index (χ4v) is 2.23. The normalized spacial score (nSPS) is 10.4. The zero-order chi connectivity index (χ0) is 15.2. The Labute approximate surface area is 131 Å². The van der Waals surface area contributed by atoms with E-state index in [9.17, 15) is 9.59 Å². The van der Waals surface area contributed by atoms with Crippen LogP contribution in [0.4, 0.5) is 0 Å². The molecule has 4 nitrogen and oxygen atoms in total. The Morgan fingerprint density at radius 1 is 1.19 bits per heavy atom. The van der Waals surface area contributed by atoms with E-state index in [1.165, 1.54) is 6.07 Å². The number of hydrogen-bond acceptors (Lipinski definition) is 3. The van der Waals surface area contributed by atoms with Crippen LogP contribution in [0.3, 0.4) is 0 Å². The van der Waals surface area contributed by atoms with Gasteiger partial charge in [-0.3, -0.25) is 4.79 Å². The van der Waals surface area contributed by atoms with Gasteiger partial charge in [0, 0.05) is 16.7 Å². The largest absolute Gasteiger partial charge is 0.462 e. The maximum atomic E-state index is 11.7. The van der Waals surface area contributed by atoms with Crippen molar-refractivity contribution in [3.8, 4) is 0 Å². The molecule has 0 saturated carbocycles. The van der Waals surface area contributed by atoms with Crippen LogP contribution in [-0.2, 0) is 11.3 Å². The van der Waals surface area contributed by atoms with Crippen LogP contribution in [-0.4, -0.2) is 17.1 Å². The van der Waals surface area contributed by atoms with Crippen molar-refractivity contribution in [2.45, 2.75) is 19.9 Å². The molecule has 2 rings (SSSR count). The maximum Gasteiger partial charge on any atom is 0.338 e. The predicted octanol–water partition coefficient (Wildman–Crippen LogP) is 3.23. The Balaban J connectivity index is 2.10. The molecule has 0 radical (unpaired) electrons. The molecule has 21 heavy (non-hydrogen) atoms. The Kier molecular flexibility index (Phi) is 5.33. The summed E-state index contributed by atoms with van der Waals surface area (Å²) >= 11 is 3.34. The third-order valence-electron chi connectivity index (χ3n) is 2.93. The predicted molar refractivity (Wildman–Crippen MR) is 84.5 cm³/mol. The first kappa shape index (κ1) is 15.5. The van der Waals surface area contributed by atoms with Crippen molar-refractivity contribution in [2.24, 2.45) is 0 Å². The molecule has 0 spiro atoms. The molecule has 0 amide bonds. The molecule has 0 aliphatic rings. The summed E-state index contributed by atoms with van der Waals surface area (Å²) in [7, 11) is 0. The van der Waals surface area contributed by atoms with Crippen molar-refractivity contribution in [1.82, 2.24) is 4.57 Å². The molecule has 1 heterocycles. The number of nitrogens with zero attached hydrogens (tertiary/aromatic N) is 1. The molecule has 0 aliphatic carbocycles. The van der Waals surface area contributed by atoms with Crippen molar-refractivity contribution in [3.05, 3.63) is 68.5 Å². The molecule has 110 valence electrons. The van der Waals surface area contributed by atoms with Gasteiger partial charge in [0.25, 0.3) is 5.56 Å². The molecule has 0 bridgehead atoms. The molecule has 1 aromatic heterocycles. The first-order chi connectivity index (χ1) is 10.1. The van der Waals surface area contributed by atoms with Crippen molar-refractivity contribution >= 4 is 21.9 Å². The van der Waals surface area contributed by atoms with Crippen LogP contribution in [0.25, 0.3) is 0 Å². The van der Waals surface area contributed by atoms with Gasteiger partial charge in [0.2, 0.25) is 0 Å². The minimum absolute atomic E-state index is 0.0652. The van der Waals surface area contributed by atoms with Gasteiger partial charge >= 0.3 is 5.97 Å². The van der Waals surface area contributed by atoms with Crippen LogP contribution in [0.15, 0.2) is 51.9 Å². The van der Waals surface area contributed by atoms with Gasteiger partial charge in [-0.1, -0.05) is 19.1 Å². The summed E-state index contributed by atoms with van der Waals surface area (Å²) in [6.45, 7) is 2.84. The molecular formula is C16H16BrNO3. The Hall–Kier alpha value is -1.88. The van der Waals surface area contributed by atoms with E-state index in [-0.39, 0.29) is 11.5 Å². The Morgan fingerprint density at radius 3 is 2.57 bits per heavy atom. The molecule has 2 aromatic rings. The number of esters is 1. The SMILES string of the molecule is CCCOC(=O)c1ccc(Cn2cc(Br)ccc2=O)cc1. The fourth-order valence-electron chi connectivity index (χ4n) is 1.85. The van der Waals surface area contributed by atoms with E-state index in [0.717, 1.165) is 16.5 Å². The molecular weight excluding hydrogens is 334 g/mol. The lowest BCUT2D eigenvalue weighted by atomic mass is 10.1. The number of aromatic nitrogens is 1. The molecule has 0 fully saturated rings. The van der Waals surface area contributed by atoms with Gasteiger partial charge in [0.05, 0.1) is 18.7 Å². The van der Waals surface area contributed by atoms with E-state index >= 15 is 0 Å². The van der Waals surface area contributed by atoms with Crippen LogP contribution in [0.5, 0.6) is 0 Å². The van der Waals surface area contributed by atoms with Crippen LogP contribution < -0.4 is 5.56 Å². The monoisotopic (exact) mass is 349 g/mol. The van der Waals surface area contributed by atoms with Crippen LogP contribution in [0.1, 0.15) is 29.3 Å². The zero-order valence-electron chi connectivity index (χ0n) is 11.7. The van der Waals surface area contributed by atoms with Gasteiger partial charge in [-0.25, -0.2) is 4.79 Å². The van der Waals surface area contributed by atoms with Gasteiger partial charge < -0.3 is 9.30 Å². The third-order valence-corrected chi connectivity index (χ3v) is 3.40. The van der Waals surface area contributed by atoms with Gasteiger partial charge in [-0.15, -0.1) is 0 Å². The van der Waals surface area contributed by atoms with E-state index in [1.807, 2.05) is 19.1 Å². The fraction of sp³-hybridized carbons (Fsp3) is 0.250. The minimum atomic E-state index is -0.317. The van der Waals surface area contributed by atoms with E-state index in [1.54, 1.807) is 29.0 Å². The second kappa shape index (κ2) is 7.22. The highest BCUT2D eigenvalue weighted by Crippen LogP contribution is 2.10. The molecule has 0 aliphatic heterocycles. The first-order valence-corrected chi connectivity index (χ1v) is 7.51. The number of halogens is 1. The smallest absolute Gasteiger partial charge is 0.338 e. The van der Waals surface area contributed by atoms with Crippen molar-refractivity contribution in [3.63, 3.8) is 0 Å². The average Bonchev–Trinajstić information content (AvgIpc) is 2.49. The highest BCUT2D eigenvalue weighted by Gasteiger charge is 2.06. The van der Waals surface area contributed by atoms with E-state index < -0.39 is 0 Å². The lowest BCUT2D eigenvalue weighted by molar-refractivity contribution is 0.0505. The summed E-state index contributed by atoms with van der Waals surface area (Å²) in [5.41, 5.74) is 1.40. The number of carbonyl (C=O) groups excluding carboxylic acids is 1. The average molecular weight is 350 g/mol. The second-order valence-corrected chi connectivity index (χ2v) is 5.56. The summed E-state index contributed by atoms with van der Waals surface area (Å²) in [5, 5.41) is 0. The Bertz CT molecular complexity index is 677. The number of rotatable bonds is 5. The summed E-state index contributed by atoms with van der Waals surface area (Å²) in [4.78, 5) is 23.4. The van der Waals surface area contributed by atoms with Gasteiger partial charge in [-0.2, -0.15) is 0 Å². The lowest BCUT2D eigenvalue weighted by Crippen LogP contribution is -2.18. The number of carbonyl (C=O) groups is 1. The number of hydrogen-bond donors (Lipinski definition) is 0. The first-order valence-electron chi connectivity index (χ1n) is 6.72.